The van der Waals surface area contributed by atoms with Gasteiger partial charge in [0.05, 0.1) is 6.04 Å². The molecular formula is C17H23NO. The van der Waals surface area contributed by atoms with Crippen LogP contribution in [0.1, 0.15) is 38.2 Å². The largest absolute Gasteiger partial charge is 0.488 e. The van der Waals surface area contributed by atoms with Crippen molar-refractivity contribution in [2.24, 2.45) is 0 Å². The highest BCUT2D eigenvalue weighted by Gasteiger charge is 2.32. The van der Waals surface area contributed by atoms with Crippen molar-refractivity contribution in [1.29, 1.82) is 0 Å². The van der Waals surface area contributed by atoms with Crippen LogP contribution in [0.15, 0.2) is 35.9 Å². The summed E-state index contributed by atoms with van der Waals surface area (Å²) in [5, 5.41) is 3.64. The maximum Gasteiger partial charge on any atom is 0.123 e. The zero-order chi connectivity index (χ0) is 13.1. The molecule has 1 aliphatic heterocycles. The highest BCUT2D eigenvalue weighted by molar-refractivity contribution is 5.38. The van der Waals surface area contributed by atoms with E-state index in [-0.39, 0.29) is 6.10 Å². The normalized spacial score (nSPS) is 23.4. The smallest absolute Gasteiger partial charge is 0.123 e. The van der Waals surface area contributed by atoms with E-state index in [1.165, 1.54) is 31.2 Å². The van der Waals surface area contributed by atoms with E-state index in [1.807, 2.05) is 0 Å². The Labute approximate surface area is 115 Å². The zero-order valence-corrected chi connectivity index (χ0v) is 11.7. The number of para-hydroxylation sites is 1. The van der Waals surface area contributed by atoms with Gasteiger partial charge in [-0.15, -0.1) is 0 Å². The molecule has 0 aromatic heterocycles. The minimum atomic E-state index is 0.265. The first-order chi connectivity index (χ1) is 9.38. The van der Waals surface area contributed by atoms with Crippen LogP contribution in [0.4, 0.5) is 0 Å². The number of rotatable bonds is 4. The van der Waals surface area contributed by atoms with Crippen LogP contribution >= 0.6 is 0 Å². The van der Waals surface area contributed by atoms with Crippen LogP contribution in [0.5, 0.6) is 5.75 Å². The predicted octanol–water partition coefficient (Wildman–Crippen LogP) is 3.47. The molecule has 0 fully saturated rings. The number of benzene rings is 1. The second-order valence-electron chi connectivity index (χ2n) is 5.53. The summed E-state index contributed by atoms with van der Waals surface area (Å²) in [7, 11) is 0. The van der Waals surface area contributed by atoms with Gasteiger partial charge >= 0.3 is 0 Å². The molecule has 1 aromatic rings. The summed E-state index contributed by atoms with van der Waals surface area (Å²) in [5.74, 6) is 1.08. The van der Waals surface area contributed by atoms with Crippen LogP contribution in [0.25, 0.3) is 0 Å². The summed E-state index contributed by atoms with van der Waals surface area (Å²) in [6.45, 7) is 3.18. The maximum atomic E-state index is 6.17. The number of likely N-dealkylation sites (N-methyl/N-ethyl adjacent to an activating group) is 1. The third kappa shape index (κ3) is 2.69. The van der Waals surface area contributed by atoms with Gasteiger partial charge in [-0.1, -0.05) is 36.8 Å². The van der Waals surface area contributed by atoms with E-state index >= 15 is 0 Å². The van der Waals surface area contributed by atoms with Gasteiger partial charge in [0, 0.05) is 6.42 Å². The van der Waals surface area contributed by atoms with E-state index in [0.717, 1.165) is 18.7 Å². The lowest BCUT2D eigenvalue weighted by atomic mass is 9.89. The topological polar surface area (TPSA) is 21.3 Å². The zero-order valence-electron chi connectivity index (χ0n) is 11.7. The second-order valence-corrected chi connectivity index (χ2v) is 5.53. The first kappa shape index (κ1) is 12.7. The fraction of sp³-hybridized carbons (Fsp3) is 0.529. The van der Waals surface area contributed by atoms with Gasteiger partial charge in [0.1, 0.15) is 11.9 Å². The highest BCUT2D eigenvalue weighted by Crippen LogP contribution is 2.33. The van der Waals surface area contributed by atoms with Crippen molar-refractivity contribution in [3.63, 3.8) is 0 Å². The minimum Gasteiger partial charge on any atom is -0.488 e. The van der Waals surface area contributed by atoms with Gasteiger partial charge in [0.25, 0.3) is 0 Å². The van der Waals surface area contributed by atoms with Crippen LogP contribution < -0.4 is 10.1 Å². The Morgan fingerprint density at radius 1 is 1.32 bits per heavy atom. The van der Waals surface area contributed by atoms with E-state index in [2.05, 4.69) is 42.6 Å². The number of hydrogen-bond acceptors (Lipinski definition) is 2. The third-order valence-corrected chi connectivity index (χ3v) is 4.19. The molecule has 3 rings (SSSR count). The summed E-state index contributed by atoms with van der Waals surface area (Å²) >= 11 is 0. The first-order valence-corrected chi connectivity index (χ1v) is 7.55. The average molecular weight is 257 g/mol. The first-order valence-electron chi connectivity index (χ1n) is 7.55. The van der Waals surface area contributed by atoms with Crippen LogP contribution in [-0.2, 0) is 6.42 Å². The lowest BCUT2D eigenvalue weighted by molar-refractivity contribution is 0.191. The van der Waals surface area contributed by atoms with Gasteiger partial charge in [-0.2, -0.15) is 0 Å². The van der Waals surface area contributed by atoms with Crippen molar-refractivity contribution in [1.82, 2.24) is 5.32 Å². The minimum absolute atomic E-state index is 0.265. The Kier molecular flexibility index (Phi) is 3.88. The van der Waals surface area contributed by atoms with E-state index in [9.17, 15) is 0 Å². The molecule has 0 amide bonds. The van der Waals surface area contributed by atoms with E-state index in [4.69, 9.17) is 4.74 Å². The molecule has 0 spiro atoms. The molecule has 2 heteroatoms. The van der Waals surface area contributed by atoms with E-state index < -0.39 is 0 Å². The molecule has 2 aliphatic rings. The highest BCUT2D eigenvalue weighted by atomic mass is 16.5. The average Bonchev–Trinajstić information content (AvgIpc) is 2.89. The number of fused-ring (bicyclic) bond motifs is 1. The van der Waals surface area contributed by atoms with Crippen molar-refractivity contribution in [3.05, 3.63) is 41.5 Å². The van der Waals surface area contributed by atoms with E-state index in [0.29, 0.717) is 6.04 Å². The van der Waals surface area contributed by atoms with Crippen molar-refractivity contribution in [2.75, 3.05) is 6.54 Å². The van der Waals surface area contributed by atoms with Crippen molar-refractivity contribution < 1.29 is 4.74 Å². The molecule has 19 heavy (non-hydrogen) atoms. The maximum absolute atomic E-state index is 6.17. The summed E-state index contributed by atoms with van der Waals surface area (Å²) in [6, 6.07) is 8.83. The Morgan fingerprint density at radius 3 is 2.95 bits per heavy atom. The van der Waals surface area contributed by atoms with Crippen LogP contribution in [0.2, 0.25) is 0 Å². The van der Waals surface area contributed by atoms with Crippen molar-refractivity contribution in [2.45, 2.75) is 51.2 Å². The second kappa shape index (κ2) is 5.79. The molecule has 2 nitrogen and oxygen atoms in total. The van der Waals surface area contributed by atoms with Gasteiger partial charge < -0.3 is 10.1 Å². The molecule has 2 atom stereocenters. The van der Waals surface area contributed by atoms with Crippen molar-refractivity contribution in [3.8, 4) is 5.75 Å². The Balaban J connectivity index is 1.77. The van der Waals surface area contributed by atoms with Crippen LogP contribution in [0, 0.1) is 0 Å². The van der Waals surface area contributed by atoms with Gasteiger partial charge in [-0.3, -0.25) is 0 Å². The molecule has 0 saturated heterocycles. The Morgan fingerprint density at radius 2 is 2.21 bits per heavy atom. The summed E-state index contributed by atoms with van der Waals surface area (Å²) in [5.41, 5.74) is 2.91. The standard InChI is InChI=1S/C17H23NO/c1-2-18-17(13-8-4-3-5-9-13)16-12-14-10-6-7-11-15(14)19-16/h6-8,10-11,16-18H,2-5,9,12H2,1H3. The molecule has 1 N–H and O–H groups in total. The molecule has 102 valence electrons. The predicted molar refractivity (Wildman–Crippen MR) is 78.6 cm³/mol. The molecular weight excluding hydrogens is 234 g/mol. The summed E-state index contributed by atoms with van der Waals surface area (Å²) < 4.78 is 6.17. The molecule has 1 aromatic carbocycles. The van der Waals surface area contributed by atoms with Gasteiger partial charge in [0.2, 0.25) is 0 Å². The fourth-order valence-corrected chi connectivity index (χ4v) is 3.26. The third-order valence-electron chi connectivity index (χ3n) is 4.19. The number of ether oxygens (including phenoxy) is 1. The van der Waals surface area contributed by atoms with Gasteiger partial charge in [-0.05, 0) is 43.9 Å². The Hall–Kier alpha value is -1.28. The van der Waals surface area contributed by atoms with Crippen LogP contribution in [-0.4, -0.2) is 18.7 Å². The monoisotopic (exact) mass is 257 g/mol. The lowest BCUT2D eigenvalue weighted by Crippen LogP contribution is -2.44. The molecule has 0 saturated carbocycles. The SMILES string of the molecule is CCNC(C1=CCCCC1)C1Cc2ccccc2O1. The molecule has 1 heterocycles. The van der Waals surface area contributed by atoms with Gasteiger partial charge in [0.15, 0.2) is 0 Å². The Bertz CT molecular complexity index is 441. The number of hydrogen-bond donors (Lipinski definition) is 1. The molecule has 1 aliphatic carbocycles. The molecule has 0 radical (unpaired) electrons. The van der Waals surface area contributed by atoms with Crippen molar-refractivity contribution >= 4 is 0 Å². The fourth-order valence-electron chi connectivity index (χ4n) is 3.26. The van der Waals surface area contributed by atoms with E-state index in [1.54, 1.807) is 5.57 Å². The van der Waals surface area contributed by atoms with Gasteiger partial charge in [-0.25, -0.2) is 0 Å². The lowest BCUT2D eigenvalue weighted by Gasteiger charge is -2.28. The quantitative estimate of drug-likeness (QED) is 0.834. The van der Waals surface area contributed by atoms with Crippen LogP contribution in [0.3, 0.4) is 0 Å². The summed E-state index contributed by atoms with van der Waals surface area (Å²) in [4.78, 5) is 0. The molecule has 2 unspecified atom stereocenters. The number of nitrogens with one attached hydrogen (secondary N) is 1. The molecule has 0 bridgehead atoms. The summed E-state index contributed by atoms with van der Waals surface area (Å²) in [6.07, 6.45) is 8.86. The number of allylic oxidation sites excluding steroid dienone is 1.